The van der Waals surface area contributed by atoms with Gasteiger partial charge in [-0.2, -0.15) is 10.5 Å². The van der Waals surface area contributed by atoms with E-state index in [0.717, 1.165) is 4.90 Å². The van der Waals surface area contributed by atoms with Crippen LogP contribution in [0.4, 0.5) is 5.95 Å². The fourth-order valence-corrected chi connectivity index (χ4v) is 2.48. The maximum Gasteiger partial charge on any atom is 0.230 e. The molecule has 0 bridgehead atoms. The summed E-state index contributed by atoms with van der Waals surface area (Å²) in [7, 11) is -3.83. The number of nitriles is 2. The fourth-order valence-electron chi connectivity index (χ4n) is 1.75. The number of sulfonamides is 1. The number of rotatable bonds is 2. The van der Waals surface area contributed by atoms with Crippen LogP contribution < -0.4 is 10.0 Å². The largest absolute Gasteiger partial charge is 0.314 e. The Balaban J connectivity index is 2.35. The van der Waals surface area contributed by atoms with E-state index in [1.54, 1.807) is 12.1 Å². The third-order valence-electron chi connectivity index (χ3n) is 2.72. The first-order valence-electron chi connectivity index (χ1n) is 5.09. The summed E-state index contributed by atoms with van der Waals surface area (Å²) in [5.41, 5.74) is -0.228. The highest BCUT2D eigenvalue weighted by Gasteiger charge is 2.38. The van der Waals surface area contributed by atoms with Crippen molar-refractivity contribution in [3.05, 3.63) is 11.4 Å². The third kappa shape index (κ3) is 2.27. The molecule has 98 valence electrons. The van der Waals surface area contributed by atoms with Gasteiger partial charge in [-0.25, -0.2) is 18.5 Å². The molecule has 1 atom stereocenters. The Kier molecular flexibility index (Phi) is 2.98. The molecule has 9 nitrogen and oxygen atoms in total. The van der Waals surface area contributed by atoms with Crippen LogP contribution in [0, 0.1) is 22.7 Å². The molecule has 1 aromatic rings. The van der Waals surface area contributed by atoms with Gasteiger partial charge in [-0.05, 0) is 0 Å². The SMILES string of the molecule is N#Cc1nc(N2CC(S(N)(=O)=O)CC2=O)[nH]c1C#N. The Morgan fingerprint density at radius 1 is 1.42 bits per heavy atom. The van der Waals surface area contributed by atoms with Crippen LogP contribution >= 0.6 is 0 Å². The van der Waals surface area contributed by atoms with E-state index in [0.29, 0.717) is 0 Å². The highest BCUT2D eigenvalue weighted by molar-refractivity contribution is 7.89. The van der Waals surface area contributed by atoms with E-state index in [4.69, 9.17) is 15.7 Å². The van der Waals surface area contributed by atoms with Gasteiger partial charge in [0.15, 0.2) is 11.4 Å². The molecule has 1 aromatic heterocycles. The second-order valence-corrected chi connectivity index (χ2v) is 5.77. The van der Waals surface area contributed by atoms with Gasteiger partial charge in [-0.3, -0.25) is 9.69 Å². The average Bonchev–Trinajstić information content (AvgIpc) is 2.90. The number of imidazole rings is 1. The number of nitrogens with one attached hydrogen (secondary N) is 1. The number of aromatic amines is 1. The van der Waals surface area contributed by atoms with Gasteiger partial charge in [-0.1, -0.05) is 0 Å². The molecule has 0 aliphatic carbocycles. The first-order chi connectivity index (χ1) is 8.86. The molecule has 3 N–H and O–H groups in total. The summed E-state index contributed by atoms with van der Waals surface area (Å²) in [4.78, 5) is 19.1. The van der Waals surface area contributed by atoms with Crippen LogP contribution in [0.2, 0.25) is 0 Å². The zero-order valence-electron chi connectivity index (χ0n) is 9.49. The summed E-state index contributed by atoms with van der Waals surface area (Å²) in [6.07, 6.45) is -0.247. The lowest BCUT2D eigenvalue weighted by Gasteiger charge is -2.11. The van der Waals surface area contributed by atoms with Crippen LogP contribution in [0.5, 0.6) is 0 Å². The van der Waals surface area contributed by atoms with Crippen molar-refractivity contribution in [3.8, 4) is 12.1 Å². The normalized spacial score (nSPS) is 19.2. The Bertz CT molecular complexity index is 691. The number of anilines is 1. The van der Waals surface area contributed by atoms with Gasteiger partial charge in [0.05, 0.1) is 0 Å². The zero-order chi connectivity index (χ0) is 14.2. The van der Waals surface area contributed by atoms with E-state index in [1.165, 1.54) is 0 Å². The lowest BCUT2D eigenvalue weighted by Crippen LogP contribution is -2.32. The predicted octanol–water partition coefficient (Wildman–Crippen LogP) is -1.45. The smallest absolute Gasteiger partial charge is 0.230 e. The molecule has 2 rings (SSSR count). The monoisotopic (exact) mass is 280 g/mol. The standard InChI is InChI=1S/C9H8N6O3S/c10-2-6-7(3-11)14-9(13-6)15-4-5(1-8(15)16)19(12,17)18/h5H,1,4H2,(H,13,14)(H2,12,17,18). The molecular weight excluding hydrogens is 272 g/mol. The third-order valence-corrected chi connectivity index (χ3v) is 3.96. The minimum atomic E-state index is -3.83. The summed E-state index contributed by atoms with van der Waals surface area (Å²) in [6.45, 7) is -0.152. The van der Waals surface area contributed by atoms with Gasteiger partial charge in [-0.15, -0.1) is 0 Å². The fraction of sp³-hybridized carbons (Fsp3) is 0.333. The Morgan fingerprint density at radius 2 is 2.11 bits per heavy atom. The molecule has 1 fully saturated rings. The van der Waals surface area contributed by atoms with Crippen LogP contribution in [-0.2, 0) is 14.8 Å². The molecule has 1 amide bonds. The van der Waals surface area contributed by atoms with Gasteiger partial charge in [0.1, 0.15) is 17.4 Å². The van der Waals surface area contributed by atoms with Crippen molar-refractivity contribution in [2.24, 2.45) is 5.14 Å². The molecule has 1 saturated heterocycles. The van der Waals surface area contributed by atoms with Gasteiger partial charge < -0.3 is 4.98 Å². The molecule has 0 radical (unpaired) electrons. The molecule has 2 heterocycles. The van der Waals surface area contributed by atoms with Crippen LogP contribution in [-0.4, -0.2) is 36.1 Å². The summed E-state index contributed by atoms with van der Waals surface area (Å²) in [6, 6.07) is 3.43. The van der Waals surface area contributed by atoms with Crippen molar-refractivity contribution in [1.29, 1.82) is 10.5 Å². The van der Waals surface area contributed by atoms with Gasteiger partial charge in [0, 0.05) is 13.0 Å². The summed E-state index contributed by atoms with van der Waals surface area (Å²) >= 11 is 0. The number of nitrogens with zero attached hydrogens (tertiary/aromatic N) is 4. The minimum Gasteiger partial charge on any atom is -0.314 e. The summed E-state index contributed by atoms with van der Waals surface area (Å²) in [5.74, 6) is -0.508. The quantitative estimate of drug-likeness (QED) is 0.674. The van der Waals surface area contributed by atoms with Crippen LogP contribution in [0.15, 0.2) is 0 Å². The van der Waals surface area contributed by atoms with Gasteiger partial charge in [0.2, 0.25) is 21.9 Å². The van der Waals surface area contributed by atoms with E-state index >= 15 is 0 Å². The molecule has 1 unspecified atom stereocenters. The molecule has 0 saturated carbocycles. The van der Waals surface area contributed by atoms with E-state index in [-0.39, 0.29) is 30.3 Å². The van der Waals surface area contributed by atoms with Crippen molar-refractivity contribution in [3.63, 3.8) is 0 Å². The topological polar surface area (TPSA) is 157 Å². The second-order valence-electron chi connectivity index (χ2n) is 3.93. The minimum absolute atomic E-state index is 0.0238. The van der Waals surface area contributed by atoms with Gasteiger partial charge in [0.25, 0.3) is 0 Å². The number of hydrogen-bond donors (Lipinski definition) is 2. The predicted molar refractivity (Wildman–Crippen MR) is 61.9 cm³/mol. The van der Waals surface area contributed by atoms with Crippen LogP contribution in [0.25, 0.3) is 0 Å². The van der Waals surface area contributed by atoms with E-state index in [2.05, 4.69) is 9.97 Å². The van der Waals surface area contributed by atoms with Crippen LogP contribution in [0.3, 0.4) is 0 Å². The Hall–Kier alpha value is -2.43. The summed E-state index contributed by atoms with van der Waals surface area (Å²) in [5, 5.41) is 21.5. The molecule has 0 aromatic carbocycles. The van der Waals surface area contributed by atoms with Crippen molar-refractivity contribution < 1.29 is 13.2 Å². The molecule has 19 heavy (non-hydrogen) atoms. The number of amides is 1. The number of carbonyl (C=O) groups excluding carboxylic acids is 1. The molecule has 1 aliphatic rings. The summed E-state index contributed by atoms with van der Waals surface area (Å²) < 4.78 is 22.4. The number of hydrogen-bond acceptors (Lipinski definition) is 6. The maximum absolute atomic E-state index is 11.7. The van der Waals surface area contributed by atoms with E-state index in [1.807, 2.05) is 0 Å². The van der Waals surface area contributed by atoms with Crippen molar-refractivity contribution >= 4 is 21.9 Å². The number of H-pyrrole nitrogens is 1. The van der Waals surface area contributed by atoms with E-state index < -0.39 is 21.2 Å². The number of carbonyl (C=O) groups is 1. The van der Waals surface area contributed by atoms with Gasteiger partial charge >= 0.3 is 0 Å². The second kappa shape index (κ2) is 4.35. The average molecular weight is 280 g/mol. The number of nitrogens with two attached hydrogens (primary N) is 1. The lowest BCUT2D eigenvalue weighted by molar-refractivity contribution is -0.117. The lowest BCUT2D eigenvalue weighted by atomic mass is 10.4. The number of aromatic nitrogens is 2. The Morgan fingerprint density at radius 3 is 2.53 bits per heavy atom. The zero-order valence-corrected chi connectivity index (χ0v) is 10.3. The molecular formula is C9H8N6O3S. The maximum atomic E-state index is 11.7. The number of primary sulfonamides is 1. The first-order valence-corrected chi connectivity index (χ1v) is 6.70. The van der Waals surface area contributed by atoms with Crippen molar-refractivity contribution in [2.75, 3.05) is 11.4 Å². The van der Waals surface area contributed by atoms with Crippen LogP contribution in [0.1, 0.15) is 17.8 Å². The Labute approximate surface area is 108 Å². The van der Waals surface area contributed by atoms with Crippen molar-refractivity contribution in [1.82, 2.24) is 9.97 Å². The molecule has 0 spiro atoms. The molecule has 1 aliphatic heterocycles. The highest BCUT2D eigenvalue weighted by Crippen LogP contribution is 2.22. The molecule has 10 heteroatoms. The van der Waals surface area contributed by atoms with E-state index in [9.17, 15) is 13.2 Å². The first kappa shape index (κ1) is 13.0. The van der Waals surface area contributed by atoms with Crippen molar-refractivity contribution in [2.45, 2.75) is 11.7 Å². The highest BCUT2D eigenvalue weighted by atomic mass is 32.2.